The van der Waals surface area contributed by atoms with Gasteiger partial charge in [-0.05, 0) is 31.1 Å². The van der Waals surface area contributed by atoms with Crippen LogP contribution in [0.15, 0.2) is 0 Å². The summed E-state index contributed by atoms with van der Waals surface area (Å²) in [4.78, 5) is 17.2. The molecule has 24 heavy (non-hydrogen) atoms. The van der Waals surface area contributed by atoms with Crippen LogP contribution >= 0.6 is 0 Å². The lowest BCUT2D eigenvalue weighted by atomic mass is 9.79. The summed E-state index contributed by atoms with van der Waals surface area (Å²) in [5.74, 6) is -9.89. The summed E-state index contributed by atoms with van der Waals surface area (Å²) < 4.78 is 66.7. The maximum absolute atomic E-state index is 13.7. The van der Waals surface area contributed by atoms with Gasteiger partial charge in [-0.15, -0.1) is 0 Å². The molecule has 8 heteroatoms. The number of hydrogen-bond acceptors (Lipinski definition) is 2. The SMILES string of the molecule is C[C@@H]1CC[C@H]2[C@@H](CC(=O)N2OCc2c(F)c(F)c(F)c(F)c2F)C1. The fraction of sp³-hybridized carbons (Fsp3) is 0.562. The van der Waals surface area contributed by atoms with Crippen molar-refractivity contribution in [3.63, 3.8) is 0 Å². The molecule has 1 aliphatic heterocycles. The molecular weight excluding hydrogens is 333 g/mol. The molecular formula is C16H16F5NO2. The summed E-state index contributed by atoms with van der Waals surface area (Å²) in [6, 6.07) is -0.213. The third-order valence-corrected chi connectivity index (χ3v) is 4.84. The summed E-state index contributed by atoms with van der Waals surface area (Å²) >= 11 is 0. The number of hydroxylamine groups is 2. The average molecular weight is 349 g/mol. The van der Waals surface area contributed by atoms with Gasteiger partial charge >= 0.3 is 0 Å². The quantitative estimate of drug-likeness (QED) is 0.471. The highest BCUT2D eigenvalue weighted by molar-refractivity contribution is 5.78. The molecule has 0 bridgehead atoms. The van der Waals surface area contributed by atoms with Crippen molar-refractivity contribution in [1.82, 2.24) is 5.06 Å². The van der Waals surface area contributed by atoms with Gasteiger partial charge < -0.3 is 0 Å². The van der Waals surface area contributed by atoms with Crippen molar-refractivity contribution >= 4 is 5.91 Å². The molecule has 0 aromatic heterocycles. The number of hydrogen-bond donors (Lipinski definition) is 0. The first kappa shape index (κ1) is 17.1. The number of nitrogens with zero attached hydrogens (tertiary/aromatic N) is 1. The smallest absolute Gasteiger partial charge is 0.246 e. The van der Waals surface area contributed by atoms with Crippen LogP contribution in [0.5, 0.6) is 0 Å². The van der Waals surface area contributed by atoms with E-state index in [1.54, 1.807) is 0 Å². The summed E-state index contributed by atoms with van der Waals surface area (Å²) in [6.07, 6.45) is 2.69. The molecule has 1 aromatic carbocycles. The minimum Gasteiger partial charge on any atom is -0.273 e. The molecule has 1 saturated heterocycles. The minimum atomic E-state index is -2.22. The van der Waals surface area contributed by atoms with E-state index in [9.17, 15) is 26.7 Å². The van der Waals surface area contributed by atoms with Crippen LogP contribution < -0.4 is 0 Å². The van der Waals surface area contributed by atoms with Crippen LogP contribution in [0.2, 0.25) is 0 Å². The Kier molecular flexibility index (Phi) is 4.50. The topological polar surface area (TPSA) is 29.5 Å². The zero-order chi connectivity index (χ0) is 17.6. The van der Waals surface area contributed by atoms with Crippen molar-refractivity contribution < 1.29 is 31.6 Å². The normalized spacial score (nSPS) is 26.8. The van der Waals surface area contributed by atoms with E-state index in [4.69, 9.17) is 4.84 Å². The summed E-state index contributed by atoms with van der Waals surface area (Å²) in [6.45, 7) is 1.19. The molecule has 3 rings (SSSR count). The van der Waals surface area contributed by atoms with Gasteiger partial charge in [0, 0.05) is 6.42 Å². The van der Waals surface area contributed by atoms with Gasteiger partial charge in [0.2, 0.25) is 11.7 Å². The van der Waals surface area contributed by atoms with Crippen LogP contribution in [0, 0.1) is 40.9 Å². The molecule has 0 N–H and O–H groups in total. The fourth-order valence-corrected chi connectivity index (χ4v) is 3.59. The molecule has 3 atom stereocenters. The number of rotatable bonds is 3. The Morgan fingerprint density at radius 1 is 1.00 bits per heavy atom. The maximum Gasteiger partial charge on any atom is 0.246 e. The Bertz CT molecular complexity index is 652. The van der Waals surface area contributed by atoms with Crippen molar-refractivity contribution in [1.29, 1.82) is 0 Å². The molecule has 1 heterocycles. The largest absolute Gasteiger partial charge is 0.273 e. The highest BCUT2D eigenvalue weighted by Crippen LogP contribution is 2.39. The van der Waals surface area contributed by atoms with Gasteiger partial charge in [-0.25, -0.2) is 27.0 Å². The maximum atomic E-state index is 13.7. The lowest BCUT2D eigenvalue weighted by Gasteiger charge is -2.33. The second-order valence-electron chi connectivity index (χ2n) is 6.49. The highest BCUT2D eigenvalue weighted by Gasteiger charge is 2.43. The van der Waals surface area contributed by atoms with Crippen molar-refractivity contribution in [2.75, 3.05) is 0 Å². The Balaban J connectivity index is 1.78. The predicted octanol–water partition coefficient (Wildman–Crippen LogP) is 3.85. The first-order chi connectivity index (χ1) is 11.3. The Hall–Kier alpha value is -1.70. The Morgan fingerprint density at radius 2 is 1.58 bits per heavy atom. The number of carbonyl (C=O) groups is 1. The second kappa shape index (κ2) is 6.31. The van der Waals surface area contributed by atoms with E-state index in [0.717, 1.165) is 17.9 Å². The van der Waals surface area contributed by atoms with Gasteiger partial charge in [-0.2, -0.15) is 0 Å². The molecule has 0 spiro atoms. The van der Waals surface area contributed by atoms with Crippen LogP contribution in [-0.4, -0.2) is 17.0 Å². The highest BCUT2D eigenvalue weighted by atomic mass is 19.2. The molecule has 2 aliphatic rings. The molecule has 1 saturated carbocycles. The zero-order valence-corrected chi connectivity index (χ0v) is 12.9. The number of carbonyl (C=O) groups excluding carboxylic acids is 1. The van der Waals surface area contributed by atoms with Crippen LogP contribution in [-0.2, 0) is 16.2 Å². The van der Waals surface area contributed by atoms with Gasteiger partial charge in [0.25, 0.3) is 0 Å². The zero-order valence-electron chi connectivity index (χ0n) is 12.9. The Labute approximate surface area is 135 Å². The van der Waals surface area contributed by atoms with Crippen molar-refractivity contribution in [3.05, 3.63) is 34.6 Å². The van der Waals surface area contributed by atoms with E-state index in [1.165, 1.54) is 0 Å². The van der Waals surface area contributed by atoms with E-state index >= 15 is 0 Å². The molecule has 1 aliphatic carbocycles. The van der Waals surface area contributed by atoms with Crippen molar-refractivity contribution in [3.8, 4) is 0 Å². The van der Waals surface area contributed by atoms with Gasteiger partial charge in [-0.1, -0.05) is 6.92 Å². The van der Waals surface area contributed by atoms with Crippen LogP contribution in [0.1, 0.15) is 38.2 Å². The van der Waals surface area contributed by atoms with E-state index in [-0.39, 0.29) is 24.3 Å². The van der Waals surface area contributed by atoms with Gasteiger partial charge in [-0.3, -0.25) is 9.63 Å². The van der Waals surface area contributed by atoms with Gasteiger partial charge in [0.15, 0.2) is 23.3 Å². The molecule has 1 aromatic rings. The number of halogens is 5. The van der Waals surface area contributed by atoms with Crippen LogP contribution in [0.3, 0.4) is 0 Å². The molecule has 0 radical (unpaired) electrons. The number of amides is 1. The minimum absolute atomic E-state index is 0.0950. The number of fused-ring (bicyclic) bond motifs is 1. The van der Waals surface area contributed by atoms with E-state index in [1.807, 2.05) is 0 Å². The summed E-state index contributed by atoms with van der Waals surface area (Å²) in [5, 5.41) is 1.05. The monoisotopic (exact) mass is 349 g/mol. The molecule has 1 amide bonds. The molecule has 2 fully saturated rings. The second-order valence-corrected chi connectivity index (χ2v) is 6.49. The first-order valence-electron chi connectivity index (χ1n) is 7.76. The first-order valence-corrected chi connectivity index (χ1v) is 7.76. The third-order valence-electron chi connectivity index (χ3n) is 4.84. The van der Waals surface area contributed by atoms with E-state index in [0.29, 0.717) is 12.3 Å². The summed E-state index contributed by atoms with van der Waals surface area (Å²) in [7, 11) is 0. The molecule has 132 valence electrons. The third kappa shape index (κ3) is 2.76. The molecule has 0 unspecified atom stereocenters. The Morgan fingerprint density at radius 3 is 2.21 bits per heavy atom. The fourth-order valence-electron chi connectivity index (χ4n) is 3.59. The van der Waals surface area contributed by atoms with Crippen molar-refractivity contribution in [2.24, 2.45) is 11.8 Å². The van der Waals surface area contributed by atoms with Gasteiger partial charge in [0.1, 0.15) is 6.61 Å². The van der Waals surface area contributed by atoms with Crippen LogP contribution in [0.4, 0.5) is 22.0 Å². The van der Waals surface area contributed by atoms with E-state index in [2.05, 4.69) is 6.92 Å². The predicted molar refractivity (Wildman–Crippen MR) is 72.8 cm³/mol. The lowest BCUT2D eigenvalue weighted by molar-refractivity contribution is -0.200. The standard InChI is InChI=1S/C16H16F5NO2/c1-7-2-3-10-8(4-7)5-11(23)22(10)24-6-9-12(17)14(19)16(21)15(20)13(9)18/h7-8,10H,2-6H2,1H3/t7-,8-,10+/m1/s1. The number of benzene rings is 1. The lowest BCUT2D eigenvalue weighted by Crippen LogP contribution is -2.38. The van der Waals surface area contributed by atoms with Gasteiger partial charge in [0.05, 0.1) is 11.6 Å². The average Bonchev–Trinajstić information content (AvgIpc) is 2.85. The summed E-state index contributed by atoms with van der Waals surface area (Å²) in [5.41, 5.74) is -1.08. The van der Waals surface area contributed by atoms with Crippen molar-refractivity contribution in [2.45, 2.75) is 45.3 Å². The molecule has 3 nitrogen and oxygen atoms in total. The van der Waals surface area contributed by atoms with Crippen LogP contribution in [0.25, 0.3) is 0 Å². The van der Waals surface area contributed by atoms with E-state index < -0.39 is 41.3 Å².